The van der Waals surface area contributed by atoms with Crippen molar-refractivity contribution in [3.63, 3.8) is 0 Å². The minimum Gasteiger partial charge on any atom is -0.439 e. The molecule has 1 unspecified atom stereocenters. The molecule has 0 bridgehead atoms. The van der Waals surface area contributed by atoms with Gasteiger partial charge in [-0.3, -0.25) is 14.5 Å². The normalized spacial score (nSPS) is 23.0. The van der Waals surface area contributed by atoms with Gasteiger partial charge in [-0.1, -0.05) is 44.2 Å². The SMILES string of the molecule is CCN(CC)CC(NC(=O)Cc1ccccc1)OC(=O)[C@@H]1N2C(=O)C[C@H]2SC1(C)C. The summed E-state index contributed by atoms with van der Waals surface area (Å²) in [4.78, 5) is 41.5. The Morgan fingerprint density at radius 1 is 1.27 bits per heavy atom. The molecule has 0 spiro atoms. The largest absolute Gasteiger partial charge is 0.439 e. The van der Waals surface area contributed by atoms with Crippen LogP contribution in [0.1, 0.15) is 39.7 Å². The Morgan fingerprint density at radius 2 is 1.93 bits per heavy atom. The molecule has 2 amide bonds. The standard InChI is InChI=1S/C22H31N3O4S/c1-5-24(6-2)14-17(23-16(26)12-15-10-8-7-9-11-15)29-21(28)20-22(3,4)30-19-13-18(27)25(19)20/h7-11,17,19-20H,5-6,12-14H2,1-4H3,(H,23,26)/t17?,19-,20+/m1/s1. The molecule has 0 aliphatic carbocycles. The van der Waals surface area contributed by atoms with Crippen molar-refractivity contribution in [1.82, 2.24) is 15.1 Å². The molecule has 2 aliphatic rings. The van der Waals surface area contributed by atoms with Crippen LogP contribution in [0.15, 0.2) is 30.3 Å². The van der Waals surface area contributed by atoms with Crippen molar-refractivity contribution in [2.75, 3.05) is 19.6 Å². The van der Waals surface area contributed by atoms with Gasteiger partial charge in [-0.25, -0.2) is 4.79 Å². The Hall–Kier alpha value is -2.06. The minimum absolute atomic E-state index is 0.0200. The fraction of sp³-hybridized carbons (Fsp3) is 0.591. The van der Waals surface area contributed by atoms with E-state index in [-0.39, 0.29) is 23.6 Å². The van der Waals surface area contributed by atoms with Crippen molar-refractivity contribution in [3.8, 4) is 0 Å². The molecule has 1 aromatic carbocycles. The number of hydrogen-bond donors (Lipinski definition) is 1. The molecule has 3 atom stereocenters. The van der Waals surface area contributed by atoms with Crippen molar-refractivity contribution >= 4 is 29.5 Å². The van der Waals surface area contributed by atoms with Crippen molar-refractivity contribution in [2.45, 2.75) is 62.9 Å². The average Bonchev–Trinajstić information content (AvgIpc) is 2.92. The number of fused-ring (bicyclic) bond motifs is 1. The van der Waals surface area contributed by atoms with Crippen LogP contribution < -0.4 is 5.32 Å². The average molecular weight is 434 g/mol. The monoisotopic (exact) mass is 433 g/mol. The third-order valence-corrected chi connectivity index (χ3v) is 7.15. The fourth-order valence-electron chi connectivity index (χ4n) is 4.00. The first-order valence-corrected chi connectivity index (χ1v) is 11.4. The molecule has 30 heavy (non-hydrogen) atoms. The number of nitrogens with zero attached hydrogens (tertiary/aromatic N) is 2. The number of carbonyl (C=O) groups is 3. The highest BCUT2D eigenvalue weighted by Gasteiger charge is 2.59. The zero-order chi connectivity index (χ0) is 21.9. The second kappa shape index (κ2) is 9.39. The van der Waals surface area contributed by atoms with Crippen LogP contribution in [0.3, 0.4) is 0 Å². The summed E-state index contributed by atoms with van der Waals surface area (Å²) in [7, 11) is 0. The van der Waals surface area contributed by atoms with Gasteiger partial charge in [-0.05, 0) is 32.5 Å². The van der Waals surface area contributed by atoms with E-state index in [1.807, 2.05) is 58.0 Å². The minimum atomic E-state index is -0.773. The van der Waals surface area contributed by atoms with Gasteiger partial charge in [-0.2, -0.15) is 0 Å². The summed E-state index contributed by atoms with van der Waals surface area (Å²) in [6.07, 6.45) is -0.0936. The number of nitrogens with one attached hydrogen (secondary N) is 1. The second-order valence-electron chi connectivity index (χ2n) is 8.22. The maximum atomic E-state index is 13.1. The summed E-state index contributed by atoms with van der Waals surface area (Å²) in [6.45, 7) is 9.91. The number of ether oxygens (including phenoxy) is 1. The van der Waals surface area contributed by atoms with E-state index in [0.29, 0.717) is 13.0 Å². The number of thioether (sulfide) groups is 1. The third kappa shape index (κ3) is 4.98. The van der Waals surface area contributed by atoms with Crippen LogP contribution >= 0.6 is 11.8 Å². The van der Waals surface area contributed by atoms with Crippen LogP contribution in [0.4, 0.5) is 0 Å². The predicted octanol–water partition coefficient (Wildman–Crippen LogP) is 2.01. The molecule has 1 aromatic rings. The maximum absolute atomic E-state index is 13.1. The van der Waals surface area contributed by atoms with Crippen LogP contribution in [0.5, 0.6) is 0 Å². The highest BCUT2D eigenvalue weighted by atomic mass is 32.2. The zero-order valence-corrected chi connectivity index (χ0v) is 18.9. The molecule has 2 saturated heterocycles. The van der Waals surface area contributed by atoms with E-state index in [2.05, 4.69) is 10.2 Å². The molecule has 3 rings (SSSR count). The van der Waals surface area contributed by atoms with Crippen LogP contribution in [0.2, 0.25) is 0 Å². The Labute approximate surface area is 182 Å². The summed E-state index contributed by atoms with van der Waals surface area (Å²) >= 11 is 1.63. The number of amides is 2. The van der Waals surface area contributed by atoms with Gasteiger partial charge in [0.05, 0.1) is 24.8 Å². The highest BCUT2D eigenvalue weighted by molar-refractivity contribution is 8.01. The first kappa shape index (κ1) is 22.6. The van der Waals surface area contributed by atoms with E-state index in [1.165, 1.54) is 0 Å². The lowest BCUT2D eigenvalue weighted by atomic mass is 9.98. The van der Waals surface area contributed by atoms with Crippen molar-refractivity contribution < 1.29 is 19.1 Å². The van der Waals surface area contributed by atoms with Crippen molar-refractivity contribution in [1.29, 1.82) is 0 Å². The maximum Gasteiger partial charge on any atom is 0.332 e. The lowest BCUT2D eigenvalue weighted by Crippen LogP contribution is -2.58. The van der Waals surface area contributed by atoms with E-state index in [0.717, 1.165) is 18.7 Å². The molecule has 0 saturated carbocycles. The number of benzene rings is 1. The lowest BCUT2D eigenvalue weighted by molar-refractivity contribution is -0.167. The van der Waals surface area contributed by atoms with Gasteiger partial charge in [-0.15, -0.1) is 11.8 Å². The Balaban J connectivity index is 1.69. The van der Waals surface area contributed by atoms with E-state index in [1.54, 1.807) is 16.7 Å². The van der Waals surface area contributed by atoms with Gasteiger partial charge in [0.25, 0.3) is 0 Å². The third-order valence-electron chi connectivity index (χ3n) is 5.65. The summed E-state index contributed by atoms with van der Waals surface area (Å²) in [5.74, 6) is -0.683. The summed E-state index contributed by atoms with van der Waals surface area (Å²) < 4.78 is 5.36. The first-order valence-electron chi connectivity index (χ1n) is 10.5. The molecular formula is C22H31N3O4S. The molecule has 164 valence electrons. The van der Waals surface area contributed by atoms with E-state index < -0.39 is 23.0 Å². The lowest BCUT2D eigenvalue weighted by Gasteiger charge is -2.38. The second-order valence-corrected chi connectivity index (χ2v) is 10.1. The van der Waals surface area contributed by atoms with Crippen molar-refractivity contribution in [2.24, 2.45) is 0 Å². The van der Waals surface area contributed by atoms with Crippen LogP contribution in [0.25, 0.3) is 0 Å². The first-order chi connectivity index (χ1) is 14.2. The van der Waals surface area contributed by atoms with E-state index >= 15 is 0 Å². The number of carbonyl (C=O) groups excluding carboxylic acids is 3. The topological polar surface area (TPSA) is 79.0 Å². The quantitative estimate of drug-likeness (QED) is 0.365. The Kier molecular flexibility index (Phi) is 7.08. The number of esters is 1. The molecule has 2 fully saturated rings. The number of rotatable bonds is 9. The molecular weight excluding hydrogens is 402 g/mol. The molecule has 8 heteroatoms. The van der Waals surface area contributed by atoms with Gasteiger partial charge in [0.2, 0.25) is 11.8 Å². The van der Waals surface area contributed by atoms with Crippen LogP contribution in [0, 0.1) is 0 Å². The molecule has 0 aromatic heterocycles. The van der Waals surface area contributed by atoms with Crippen LogP contribution in [-0.4, -0.2) is 69.6 Å². The molecule has 2 aliphatic heterocycles. The van der Waals surface area contributed by atoms with Crippen LogP contribution in [-0.2, 0) is 25.5 Å². The van der Waals surface area contributed by atoms with Gasteiger partial charge in [0.1, 0.15) is 6.04 Å². The predicted molar refractivity (Wildman–Crippen MR) is 117 cm³/mol. The summed E-state index contributed by atoms with van der Waals surface area (Å²) in [5.41, 5.74) is 0.894. The molecule has 0 radical (unpaired) electrons. The van der Waals surface area contributed by atoms with Crippen molar-refractivity contribution in [3.05, 3.63) is 35.9 Å². The fourth-order valence-corrected chi connectivity index (χ4v) is 5.62. The number of likely N-dealkylation sites (N-methyl/N-ethyl adjacent to an activating group) is 1. The molecule has 7 nitrogen and oxygen atoms in total. The van der Waals surface area contributed by atoms with E-state index in [4.69, 9.17) is 4.74 Å². The van der Waals surface area contributed by atoms with Gasteiger partial charge in [0, 0.05) is 4.75 Å². The zero-order valence-electron chi connectivity index (χ0n) is 18.1. The van der Waals surface area contributed by atoms with E-state index in [9.17, 15) is 14.4 Å². The van der Waals surface area contributed by atoms with Gasteiger partial charge >= 0.3 is 5.97 Å². The van der Waals surface area contributed by atoms with Gasteiger partial charge in [0.15, 0.2) is 6.23 Å². The molecule has 1 N–H and O–H groups in total. The summed E-state index contributed by atoms with van der Waals surface area (Å²) in [5, 5.41) is 2.91. The number of β-lactam (4-membered cyclic amide) rings is 1. The van der Waals surface area contributed by atoms with Gasteiger partial charge < -0.3 is 15.0 Å². The number of hydrogen-bond acceptors (Lipinski definition) is 6. The highest BCUT2D eigenvalue weighted by Crippen LogP contribution is 2.50. The smallest absolute Gasteiger partial charge is 0.332 e. The summed E-state index contributed by atoms with van der Waals surface area (Å²) in [6, 6.07) is 8.81. The Morgan fingerprint density at radius 3 is 2.53 bits per heavy atom. The Bertz CT molecular complexity index is 782. The molecule has 2 heterocycles.